The fraction of sp³-hybridized carbons (Fsp3) is 0.250. The third-order valence-corrected chi connectivity index (χ3v) is 10.2. The Morgan fingerprint density at radius 3 is 2.40 bits per heavy atom. The number of halogens is 3. The fourth-order valence-corrected chi connectivity index (χ4v) is 7.96. The number of fused-ring (bicyclic) bond motifs is 4. The van der Waals surface area contributed by atoms with E-state index < -0.39 is 17.7 Å². The number of rotatable bonds is 5. The number of aryl methyl sites for hydroxylation is 1. The average Bonchev–Trinajstić information content (AvgIpc) is 3.57. The molecule has 8 rings (SSSR count). The normalized spacial score (nSPS) is 18.6. The summed E-state index contributed by atoms with van der Waals surface area (Å²) in [4.78, 5) is 29.6. The lowest BCUT2D eigenvalue weighted by Gasteiger charge is -2.37. The van der Waals surface area contributed by atoms with Crippen molar-refractivity contribution >= 4 is 51.7 Å². The Bertz CT molecular complexity index is 2110. The van der Waals surface area contributed by atoms with Gasteiger partial charge in [0.1, 0.15) is 11.6 Å². The van der Waals surface area contributed by atoms with Gasteiger partial charge in [0.25, 0.3) is 5.91 Å². The Kier molecular flexibility index (Phi) is 7.54. The van der Waals surface area contributed by atoms with Crippen LogP contribution in [0.1, 0.15) is 39.1 Å². The first-order valence-corrected chi connectivity index (χ1v) is 16.3. The molecule has 0 spiro atoms. The van der Waals surface area contributed by atoms with Crippen molar-refractivity contribution in [2.75, 3.05) is 24.8 Å². The van der Waals surface area contributed by atoms with Crippen molar-refractivity contribution in [1.29, 1.82) is 0 Å². The Morgan fingerprint density at radius 1 is 0.958 bits per heavy atom. The van der Waals surface area contributed by atoms with Crippen molar-refractivity contribution in [3.05, 3.63) is 99.4 Å². The Balaban J connectivity index is 1.11. The first-order chi connectivity index (χ1) is 23.2. The van der Waals surface area contributed by atoms with E-state index in [-0.39, 0.29) is 52.1 Å². The van der Waals surface area contributed by atoms with Crippen molar-refractivity contribution in [2.24, 2.45) is 7.05 Å². The number of aromatic nitrogens is 2. The van der Waals surface area contributed by atoms with Crippen molar-refractivity contribution in [3.63, 3.8) is 0 Å². The van der Waals surface area contributed by atoms with E-state index in [4.69, 9.17) is 32.7 Å². The lowest BCUT2D eigenvalue weighted by molar-refractivity contribution is 0.0516. The number of carbonyl (C=O) groups excluding carboxylic acids is 1. The van der Waals surface area contributed by atoms with E-state index >= 15 is 4.39 Å². The van der Waals surface area contributed by atoms with Gasteiger partial charge in [-0.1, -0.05) is 53.5 Å². The SMILES string of the molecule is Cn1ncc2c(-c3cc(Cl)c(C(=O)N4COc5c(cccc5-c5cc(N6C7CCC6COC7)c(C(=O)O)cc5F)C4)c(Cl)c3)cccc21. The number of nitrogens with zero attached hydrogens (tertiary/aromatic N) is 4. The molecule has 2 saturated heterocycles. The van der Waals surface area contributed by atoms with Gasteiger partial charge in [0.15, 0.2) is 6.73 Å². The van der Waals surface area contributed by atoms with Crippen molar-refractivity contribution in [2.45, 2.75) is 31.5 Å². The Hall–Kier alpha value is -4.64. The summed E-state index contributed by atoms with van der Waals surface area (Å²) >= 11 is 13.5. The maximum absolute atomic E-state index is 15.7. The number of hydrogen-bond acceptors (Lipinski definition) is 6. The monoisotopic (exact) mass is 686 g/mol. The Labute approximate surface area is 285 Å². The summed E-state index contributed by atoms with van der Waals surface area (Å²) < 4.78 is 29.4. The van der Waals surface area contributed by atoms with Crippen LogP contribution in [-0.2, 0) is 18.3 Å². The first-order valence-electron chi connectivity index (χ1n) is 15.6. The number of carbonyl (C=O) groups is 2. The summed E-state index contributed by atoms with van der Waals surface area (Å²) in [6.45, 7) is 1.03. The Morgan fingerprint density at radius 2 is 1.67 bits per heavy atom. The van der Waals surface area contributed by atoms with Crippen LogP contribution in [0, 0.1) is 5.82 Å². The average molecular weight is 688 g/mol. The van der Waals surface area contributed by atoms with E-state index in [2.05, 4.69) is 10.00 Å². The number of morpholine rings is 1. The molecule has 4 aromatic carbocycles. The highest BCUT2D eigenvalue weighted by molar-refractivity contribution is 6.40. The van der Waals surface area contributed by atoms with Crippen LogP contribution in [-0.4, -0.2) is 63.7 Å². The van der Waals surface area contributed by atoms with Crippen LogP contribution in [0.4, 0.5) is 10.1 Å². The number of benzene rings is 4. The molecule has 48 heavy (non-hydrogen) atoms. The summed E-state index contributed by atoms with van der Waals surface area (Å²) in [5, 5.41) is 15.7. The van der Waals surface area contributed by atoms with E-state index in [1.54, 1.807) is 41.2 Å². The van der Waals surface area contributed by atoms with Gasteiger partial charge < -0.3 is 24.4 Å². The van der Waals surface area contributed by atoms with Crippen LogP contribution in [0.2, 0.25) is 10.0 Å². The minimum Gasteiger partial charge on any atom is -0.478 e. The molecule has 2 bridgehead atoms. The summed E-state index contributed by atoms with van der Waals surface area (Å²) in [6, 6.07) is 17.4. The maximum atomic E-state index is 15.7. The third-order valence-electron chi connectivity index (χ3n) is 9.59. The molecule has 12 heteroatoms. The number of amides is 1. The molecule has 3 aliphatic rings. The zero-order valence-corrected chi connectivity index (χ0v) is 27.3. The molecule has 2 atom stereocenters. The minimum absolute atomic E-state index is 0.0254. The quantitative estimate of drug-likeness (QED) is 0.206. The fourth-order valence-electron chi connectivity index (χ4n) is 7.31. The van der Waals surface area contributed by atoms with Crippen molar-refractivity contribution in [3.8, 4) is 28.0 Å². The minimum atomic E-state index is -1.19. The highest BCUT2D eigenvalue weighted by Gasteiger charge is 2.40. The van der Waals surface area contributed by atoms with E-state index in [1.165, 1.54) is 4.90 Å². The van der Waals surface area contributed by atoms with E-state index in [1.807, 2.05) is 31.3 Å². The smallest absolute Gasteiger partial charge is 0.337 e. The van der Waals surface area contributed by atoms with Crippen LogP contribution >= 0.6 is 23.2 Å². The van der Waals surface area contributed by atoms with Gasteiger partial charge in [0.2, 0.25) is 0 Å². The predicted molar refractivity (Wildman–Crippen MR) is 180 cm³/mol. The topological polar surface area (TPSA) is 97.1 Å². The van der Waals surface area contributed by atoms with Gasteiger partial charge in [-0.3, -0.25) is 9.48 Å². The second kappa shape index (κ2) is 11.8. The molecular weight excluding hydrogens is 658 g/mol. The lowest BCUT2D eigenvalue weighted by Crippen LogP contribution is -2.46. The van der Waals surface area contributed by atoms with Gasteiger partial charge >= 0.3 is 5.97 Å². The standard InChI is InChI=1S/C36H29Cl2FN4O5/c1-41-31-7-3-5-23(27(31)14-40-41)20-10-28(37)33(29(38)11-20)35(44)42-15-19-4-2-6-24(34(19)48-18-42)25-13-32(26(36(45)46)12-30(25)39)43-21-8-9-22(43)17-47-16-21/h2-7,10-14,21-22H,8-9,15-18H2,1H3,(H,45,46). The molecule has 1 amide bonds. The van der Waals surface area contributed by atoms with Gasteiger partial charge in [-0.2, -0.15) is 5.10 Å². The number of aromatic carboxylic acids is 1. The highest BCUT2D eigenvalue weighted by atomic mass is 35.5. The number of carboxylic acids is 1. The van der Waals surface area contributed by atoms with Gasteiger partial charge in [0.05, 0.1) is 70.4 Å². The molecule has 2 fully saturated rings. The molecule has 3 aliphatic heterocycles. The largest absolute Gasteiger partial charge is 0.478 e. The molecule has 5 aromatic rings. The molecule has 1 aromatic heterocycles. The van der Waals surface area contributed by atoms with E-state index in [9.17, 15) is 14.7 Å². The van der Waals surface area contributed by atoms with Crippen LogP contribution in [0.3, 0.4) is 0 Å². The molecular formula is C36H29Cl2FN4O5. The van der Waals surface area contributed by atoms with Crippen molar-refractivity contribution < 1.29 is 28.6 Å². The molecule has 4 heterocycles. The molecule has 0 saturated carbocycles. The van der Waals surface area contributed by atoms with Crippen molar-refractivity contribution in [1.82, 2.24) is 14.7 Å². The number of para-hydroxylation sites is 1. The number of anilines is 1. The number of carboxylic acid groups (broad SMARTS) is 1. The van der Waals surface area contributed by atoms with Crippen LogP contribution in [0.25, 0.3) is 33.2 Å². The van der Waals surface area contributed by atoms with Gasteiger partial charge in [-0.25, -0.2) is 9.18 Å². The van der Waals surface area contributed by atoms with Gasteiger partial charge in [0, 0.05) is 29.1 Å². The van der Waals surface area contributed by atoms with Gasteiger partial charge in [-0.05, 0) is 54.3 Å². The van der Waals surface area contributed by atoms with Crippen LogP contribution < -0.4 is 9.64 Å². The lowest BCUT2D eigenvalue weighted by atomic mass is 9.96. The third kappa shape index (κ3) is 4.98. The van der Waals surface area contributed by atoms with E-state index in [0.717, 1.165) is 40.9 Å². The van der Waals surface area contributed by atoms with E-state index in [0.29, 0.717) is 35.8 Å². The molecule has 2 unspecified atom stereocenters. The summed E-state index contributed by atoms with van der Waals surface area (Å²) in [5.41, 5.74) is 4.48. The molecule has 244 valence electrons. The van der Waals surface area contributed by atoms with Gasteiger partial charge in [-0.15, -0.1) is 0 Å². The molecule has 1 N–H and O–H groups in total. The van der Waals surface area contributed by atoms with Crippen LogP contribution in [0.15, 0.2) is 66.9 Å². The second-order valence-corrected chi connectivity index (χ2v) is 13.2. The molecule has 9 nitrogen and oxygen atoms in total. The highest BCUT2D eigenvalue weighted by Crippen LogP contribution is 2.43. The predicted octanol–water partition coefficient (Wildman–Crippen LogP) is 7.41. The number of ether oxygens (including phenoxy) is 2. The van der Waals surface area contributed by atoms with Crippen LogP contribution in [0.5, 0.6) is 5.75 Å². The molecule has 0 aliphatic carbocycles. The zero-order valence-electron chi connectivity index (χ0n) is 25.8. The summed E-state index contributed by atoms with van der Waals surface area (Å²) in [6.07, 6.45) is 3.53. The molecule has 0 radical (unpaired) electrons. The first kappa shape index (κ1) is 30.7. The number of hydrogen-bond donors (Lipinski definition) is 1. The zero-order chi connectivity index (χ0) is 33.3. The summed E-state index contributed by atoms with van der Waals surface area (Å²) in [7, 11) is 1.87. The maximum Gasteiger partial charge on any atom is 0.337 e. The summed E-state index contributed by atoms with van der Waals surface area (Å²) in [5.74, 6) is -1.85. The second-order valence-electron chi connectivity index (χ2n) is 12.4.